The molecule has 9 heteroatoms. The van der Waals surface area contributed by atoms with E-state index in [1.165, 1.54) is 24.3 Å². The van der Waals surface area contributed by atoms with E-state index in [2.05, 4.69) is 5.32 Å². The fourth-order valence-corrected chi connectivity index (χ4v) is 2.33. The molecule has 2 N–H and O–H groups in total. The number of carboxylic acids is 1. The van der Waals surface area contributed by atoms with E-state index in [1.807, 2.05) is 0 Å². The number of nitro groups is 1. The Morgan fingerprint density at radius 3 is 2.15 bits per heavy atom. The van der Waals surface area contributed by atoms with Crippen LogP contribution >= 0.6 is 0 Å². The number of nitrogens with one attached hydrogen (secondary N) is 1. The van der Waals surface area contributed by atoms with Crippen LogP contribution in [0.5, 0.6) is 0 Å². The van der Waals surface area contributed by atoms with Crippen LogP contribution in [0.15, 0.2) is 42.5 Å². The molecular weight excluding hydrogens is 350 g/mol. The van der Waals surface area contributed by atoms with Gasteiger partial charge in [0.05, 0.1) is 11.3 Å². The van der Waals surface area contributed by atoms with Crippen molar-refractivity contribution in [2.75, 3.05) is 0 Å². The Hall–Kier alpha value is -3.36. The summed E-state index contributed by atoms with van der Waals surface area (Å²) in [6, 6.07) is 6.57. The van der Waals surface area contributed by atoms with Crippen molar-refractivity contribution in [3.8, 4) is 0 Å². The van der Waals surface area contributed by atoms with Crippen molar-refractivity contribution in [1.82, 2.24) is 5.32 Å². The van der Waals surface area contributed by atoms with Crippen LogP contribution in [0.1, 0.15) is 11.1 Å². The van der Waals surface area contributed by atoms with E-state index in [9.17, 15) is 33.6 Å². The second kappa shape index (κ2) is 8.15. The number of nitro benzene ring substituents is 1. The molecular formula is C17H14F2N2O5. The number of rotatable bonds is 7. The van der Waals surface area contributed by atoms with Crippen molar-refractivity contribution < 1.29 is 28.4 Å². The first-order valence-corrected chi connectivity index (χ1v) is 7.45. The first-order chi connectivity index (χ1) is 12.2. The van der Waals surface area contributed by atoms with Gasteiger partial charge in [-0.1, -0.05) is 12.1 Å². The van der Waals surface area contributed by atoms with Gasteiger partial charge in [0.15, 0.2) is 0 Å². The lowest BCUT2D eigenvalue weighted by Gasteiger charge is -2.15. The van der Waals surface area contributed by atoms with Crippen molar-refractivity contribution in [1.29, 1.82) is 0 Å². The Balaban J connectivity index is 2.03. The number of benzene rings is 2. The Kier molecular flexibility index (Phi) is 5.94. The first kappa shape index (κ1) is 19.0. The van der Waals surface area contributed by atoms with E-state index in [-0.39, 0.29) is 17.7 Å². The molecule has 0 aliphatic heterocycles. The Morgan fingerprint density at radius 1 is 1.08 bits per heavy atom. The van der Waals surface area contributed by atoms with Gasteiger partial charge in [0, 0.05) is 24.6 Å². The zero-order chi connectivity index (χ0) is 19.3. The third-order valence-electron chi connectivity index (χ3n) is 3.51. The average Bonchev–Trinajstić information content (AvgIpc) is 2.53. The molecule has 7 nitrogen and oxygen atoms in total. The number of aliphatic carboxylic acids is 1. The highest BCUT2D eigenvalue weighted by Gasteiger charge is 2.21. The second-order valence-corrected chi connectivity index (χ2v) is 5.54. The van der Waals surface area contributed by atoms with Gasteiger partial charge < -0.3 is 10.4 Å². The summed E-state index contributed by atoms with van der Waals surface area (Å²) in [6.45, 7) is 0. The molecule has 136 valence electrons. The summed E-state index contributed by atoms with van der Waals surface area (Å²) >= 11 is 0. The standard InChI is InChI=1S/C17H14F2N2O5/c18-12-5-11(6-13(19)9-12)8-16(22)20-15(17(23)24)7-10-1-3-14(4-2-10)21(25)26/h1-6,9,15H,7-8H2,(H,20,22)(H,23,24)/t15-/m1/s1. The smallest absolute Gasteiger partial charge is 0.326 e. The number of carboxylic acid groups (broad SMARTS) is 1. The normalized spacial score (nSPS) is 11.6. The fourth-order valence-electron chi connectivity index (χ4n) is 2.33. The predicted molar refractivity (Wildman–Crippen MR) is 86.4 cm³/mol. The number of non-ortho nitro benzene ring substituents is 1. The van der Waals surface area contributed by atoms with Crippen LogP contribution in [-0.4, -0.2) is 27.9 Å². The lowest BCUT2D eigenvalue weighted by atomic mass is 10.0. The summed E-state index contributed by atoms with van der Waals surface area (Å²) in [4.78, 5) is 33.3. The van der Waals surface area contributed by atoms with Gasteiger partial charge in [-0.15, -0.1) is 0 Å². The molecule has 26 heavy (non-hydrogen) atoms. The van der Waals surface area contributed by atoms with Crippen LogP contribution < -0.4 is 5.32 Å². The maximum Gasteiger partial charge on any atom is 0.326 e. The third kappa shape index (κ3) is 5.33. The molecule has 2 rings (SSSR count). The minimum atomic E-state index is -1.30. The number of carbonyl (C=O) groups is 2. The molecule has 0 aliphatic rings. The molecule has 0 unspecified atom stereocenters. The number of carbonyl (C=O) groups excluding carboxylic acids is 1. The molecule has 0 fully saturated rings. The summed E-state index contributed by atoms with van der Waals surface area (Å²) in [7, 11) is 0. The highest BCUT2D eigenvalue weighted by atomic mass is 19.1. The monoisotopic (exact) mass is 364 g/mol. The van der Waals surface area contributed by atoms with Crippen molar-refractivity contribution in [3.63, 3.8) is 0 Å². The number of hydrogen-bond acceptors (Lipinski definition) is 4. The number of hydrogen-bond donors (Lipinski definition) is 2. The predicted octanol–water partition coefficient (Wildman–Crippen LogP) is 2.23. The molecule has 2 aromatic carbocycles. The molecule has 2 aromatic rings. The molecule has 0 bridgehead atoms. The zero-order valence-corrected chi connectivity index (χ0v) is 13.3. The molecule has 1 atom stereocenters. The topological polar surface area (TPSA) is 110 Å². The van der Waals surface area contributed by atoms with Crippen molar-refractivity contribution >= 4 is 17.6 Å². The highest BCUT2D eigenvalue weighted by Crippen LogP contribution is 2.14. The van der Waals surface area contributed by atoms with E-state index >= 15 is 0 Å². The van der Waals surface area contributed by atoms with Crippen LogP contribution in [0.3, 0.4) is 0 Å². The van der Waals surface area contributed by atoms with E-state index in [1.54, 1.807) is 0 Å². The second-order valence-electron chi connectivity index (χ2n) is 5.54. The van der Waals surface area contributed by atoms with Gasteiger partial charge in [-0.05, 0) is 23.3 Å². The summed E-state index contributed by atoms with van der Waals surface area (Å²) in [5, 5.41) is 22.1. The van der Waals surface area contributed by atoms with Gasteiger partial charge in [0.1, 0.15) is 17.7 Å². The minimum Gasteiger partial charge on any atom is -0.480 e. The quantitative estimate of drug-likeness (QED) is 0.578. The van der Waals surface area contributed by atoms with Gasteiger partial charge in [0.25, 0.3) is 5.69 Å². The molecule has 0 saturated heterocycles. The van der Waals surface area contributed by atoms with Crippen LogP contribution in [-0.2, 0) is 22.4 Å². The summed E-state index contributed by atoms with van der Waals surface area (Å²) in [5.41, 5.74) is 0.400. The van der Waals surface area contributed by atoms with Gasteiger partial charge in [-0.25, -0.2) is 13.6 Å². The molecule has 0 saturated carbocycles. The van der Waals surface area contributed by atoms with Crippen molar-refractivity contribution in [2.45, 2.75) is 18.9 Å². The Bertz CT molecular complexity index is 819. The van der Waals surface area contributed by atoms with Crippen LogP contribution in [0.4, 0.5) is 14.5 Å². The van der Waals surface area contributed by atoms with Crippen LogP contribution in [0.2, 0.25) is 0 Å². The maximum absolute atomic E-state index is 13.1. The third-order valence-corrected chi connectivity index (χ3v) is 3.51. The number of halogens is 2. The summed E-state index contributed by atoms with van der Waals surface area (Å²) < 4.78 is 26.3. The van der Waals surface area contributed by atoms with Crippen LogP contribution in [0, 0.1) is 21.7 Å². The Labute approximate surface area is 146 Å². The van der Waals surface area contributed by atoms with Crippen molar-refractivity contribution in [3.05, 3.63) is 75.3 Å². The van der Waals surface area contributed by atoms with E-state index in [0.29, 0.717) is 11.6 Å². The molecule has 1 amide bonds. The lowest BCUT2D eigenvalue weighted by Crippen LogP contribution is -2.43. The number of nitrogens with zero attached hydrogens (tertiary/aromatic N) is 1. The van der Waals surface area contributed by atoms with Crippen molar-refractivity contribution in [2.24, 2.45) is 0 Å². The maximum atomic E-state index is 13.1. The minimum absolute atomic E-state index is 0.0690. The molecule has 0 radical (unpaired) electrons. The average molecular weight is 364 g/mol. The first-order valence-electron chi connectivity index (χ1n) is 7.45. The van der Waals surface area contributed by atoms with E-state index in [4.69, 9.17) is 0 Å². The van der Waals surface area contributed by atoms with Gasteiger partial charge in [-0.3, -0.25) is 14.9 Å². The zero-order valence-electron chi connectivity index (χ0n) is 13.3. The summed E-state index contributed by atoms with van der Waals surface area (Å²) in [6.07, 6.45) is -0.491. The molecule has 0 aromatic heterocycles. The fraction of sp³-hybridized carbons (Fsp3) is 0.176. The lowest BCUT2D eigenvalue weighted by molar-refractivity contribution is -0.384. The highest BCUT2D eigenvalue weighted by molar-refractivity contribution is 5.85. The Morgan fingerprint density at radius 2 is 1.65 bits per heavy atom. The largest absolute Gasteiger partial charge is 0.480 e. The number of amides is 1. The van der Waals surface area contributed by atoms with Crippen LogP contribution in [0.25, 0.3) is 0 Å². The van der Waals surface area contributed by atoms with Gasteiger partial charge in [0.2, 0.25) is 5.91 Å². The SMILES string of the molecule is O=C(Cc1cc(F)cc(F)c1)N[C@H](Cc1ccc([N+](=O)[O-])cc1)C(=O)O. The van der Waals surface area contributed by atoms with Gasteiger partial charge >= 0.3 is 5.97 Å². The molecule has 0 heterocycles. The van der Waals surface area contributed by atoms with E-state index in [0.717, 1.165) is 12.1 Å². The van der Waals surface area contributed by atoms with Gasteiger partial charge in [-0.2, -0.15) is 0 Å². The molecule has 0 spiro atoms. The molecule has 0 aliphatic carbocycles. The summed E-state index contributed by atoms with van der Waals surface area (Å²) in [5.74, 6) is -3.70. The van der Waals surface area contributed by atoms with E-state index < -0.39 is 40.9 Å².